The number of para-hydroxylation sites is 1. The zero-order chi connectivity index (χ0) is 15.9. The van der Waals surface area contributed by atoms with Crippen LogP contribution in [0.3, 0.4) is 0 Å². The van der Waals surface area contributed by atoms with E-state index in [2.05, 4.69) is 4.90 Å². The summed E-state index contributed by atoms with van der Waals surface area (Å²) in [5, 5.41) is 10.9. The predicted octanol–water partition coefficient (Wildman–Crippen LogP) is 1.93. The number of likely N-dealkylation sites (tertiary alicyclic amines) is 1. The number of aliphatic hydroxyl groups excluding tert-OH is 1. The summed E-state index contributed by atoms with van der Waals surface area (Å²) >= 11 is 0. The molecule has 2 unspecified atom stereocenters. The van der Waals surface area contributed by atoms with Crippen LogP contribution in [0.2, 0.25) is 0 Å². The van der Waals surface area contributed by atoms with Gasteiger partial charge in [-0.25, -0.2) is 0 Å². The van der Waals surface area contributed by atoms with E-state index < -0.39 is 11.7 Å². The summed E-state index contributed by atoms with van der Waals surface area (Å²) in [6.07, 6.45) is 0.427. The monoisotopic (exact) mass is 305 g/mol. The van der Waals surface area contributed by atoms with Gasteiger partial charge in [0.25, 0.3) is 0 Å². The number of nitrogens with zero attached hydrogens (tertiary/aromatic N) is 1. The Bertz CT molecular complexity index is 574. The Labute approximate surface area is 130 Å². The molecular formula is C17H23NO4. The molecule has 1 aromatic carbocycles. The van der Waals surface area contributed by atoms with Crippen LogP contribution in [0.5, 0.6) is 11.5 Å². The molecule has 2 aliphatic heterocycles. The zero-order valence-electron chi connectivity index (χ0n) is 13.3. The van der Waals surface area contributed by atoms with E-state index in [9.17, 15) is 9.90 Å². The third kappa shape index (κ3) is 2.48. The van der Waals surface area contributed by atoms with Gasteiger partial charge in [-0.05, 0) is 19.9 Å². The summed E-state index contributed by atoms with van der Waals surface area (Å²) in [7, 11) is 1.60. The number of ether oxygens (including phenoxy) is 2. The van der Waals surface area contributed by atoms with E-state index in [1.165, 1.54) is 0 Å². The molecule has 0 amide bonds. The number of Topliss-reactive ketones (excluding diaryl/α,β-unsaturated/α-hetero) is 1. The van der Waals surface area contributed by atoms with Gasteiger partial charge in [0, 0.05) is 31.5 Å². The highest BCUT2D eigenvalue weighted by Gasteiger charge is 2.47. The van der Waals surface area contributed by atoms with E-state index in [4.69, 9.17) is 9.47 Å². The molecule has 22 heavy (non-hydrogen) atoms. The minimum atomic E-state index is -0.665. The molecule has 5 nitrogen and oxygen atoms in total. The number of carbonyl (C=O) groups is 1. The van der Waals surface area contributed by atoms with Gasteiger partial charge < -0.3 is 14.6 Å². The molecule has 1 saturated heterocycles. The van der Waals surface area contributed by atoms with Crippen molar-refractivity contribution < 1.29 is 19.4 Å². The summed E-state index contributed by atoms with van der Waals surface area (Å²) in [5.41, 5.74) is 0.183. The summed E-state index contributed by atoms with van der Waals surface area (Å²) < 4.78 is 11.5. The lowest BCUT2D eigenvalue weighted by atomic mass is 9.84. The fourth-order valence-corrected chi connectivity index (χ4v) is 3.60. The van der Waals surface area contributed by atoms with Gasteiger partial charge in [-0.2, -0.15) is 0 Å². The van der Waals surface area contributed by atoms with Crippen LogP contribution in [0.4, 0.5) is 0 Å². The molecule has 2 aliphatic rings. The molecule has 0 aromatic heterocycles. The zero-order valence-corrected chi connectivity index (χ0v) is 13.3. The van der Waals surface area contributed by atoms with Crippen molar-refractivity contribution in [2.24, 2.45) is 0 Å². The molecule has 2 atom stereocenters. The van der Waals surface area contributed by atoms with Crippen molar-refractivity contribution in [2.75, 3.05) is 20.2 Å². The molecule has 5 heteroatoms. The second-order valence-corrected chi connectivity index (χ2v) is 6.55. The lowest BCUT2D eigenvalue weighted by Crippen LogP contribution is -2.59. The van der Waals surface area contributed by atoms with Crippen LogP contribution in [0.25, 0.3) is 0 Å². The Morgan fingerprint density at radius 2 is 2.00 bits per heavy atom. The molecule has 1 N–H and O–H groups in total. The van der Waals surface area contributed by atoms with E-state index in [1.807, 2.05) is 32.0 Å². The number of carbonyl (C=O) groups excluding carboxylic acids is 1. The first-order valence-electron chi connectivity index (χ1n) is 7.74. The lowest BCUT2D eigenvalue weighted by Gasteiger charge is -2.49. The number of piperidine rings is 1. The summed E-state index contributed by atoms with van der Waals surface area (Å²) in [4.78, 5) is 13.7. The molecule has 0 bridgehead atoms. The number of rotatable bonds is 2. The van der Waals surface area contributed by atoms with Crippen LogP contribution in [-0.2, 0) is 4.79 Å². The van der Waals surface area contributed by atoms with Crippen LogP contribution in [-0.4, -0.2) is 47.6 Å². The molecule has 1 aromatic rings. The molecule has 0 radical (unpaired) electrons. The molecule has 0 saturated carbocycles. The number of ketones is 1. The fourth-order valence-electron chi connectivity index (χ4n) is 3.60. The van der Waals surface area contributed by atoms with Gasteiger partial charge >= 0.3 is 0 Å². The molecule has 1 fully saturated rings. The first-order valence-corrected chi connectivity index (χ1v) is 7.74. The Kier molecular flexibility index (Phi) is 3.87. The van der Waals surface area contributed by atoms with E-state index >= 15 is 0 Å². The molecule has 2 heterocycles. The molecule has 120 valence electrons. The van der Waals surface area contributed by atoms with Crippen molar-refractivity contribution in [1.82, 2.24) is 4.90 Å². The van der Waals surface area contributed by atoms with Gasteiger partial charge in [0.1, 0.15) is 17.5 Å². The van der Waals surface area contributed by atoms with Crippen LogP contribution in [0.15, 0.2) is 18.2 Å². The van der Waals surface area contributed by atoms with Crippen LogP contribution >= 0.6 is 0 Å². The maximum atomic E-state index is 11.5. The maximum Gasteiger partial charge on any atom is 0.167 e. The average Bonchev–Trinajstić information content (AvgIpc) is 2.48. The second-order valence-electron chi connectivity index (χ2n) is 6.55. The van der Waals surface area contributed by atoms with Gasteiger partial charge in [-0.1, -0.05) is 12.1 Å². The van der Waals surface area contributed by atoms with Gasteiger partial charge in [-0.3, -0.25) is 9.69 Å². The normalized spacial score (nSPS) is 27.9. The van der Waals surface area contributed by atoms with Gasteiger partial charge in [0.15, 0.2) is 11.5 Å². The number of hydrogen-bond acceptors (Lipinski definition) is 5. The highest BCUT2D eigenvalue weighted by atomic mass is 16.5. The number of fused-ring (bicyclic) bond motifs is 1. The standard InChI is InChI=1S/C17H23NO4/c1-17(2)16(18-9-7-11(19)8-10-18)14(20)12-5-4-6-13(21-3)15(12)22-17/h4-6,14,16,20H,7-10H2,1-3H3. The highest BCUT2D eigenvalue weighted by molar-refractivity contribution is 5.79. The number of methoxy groups -OCH3 is 1. The summed E-state index contributed by atoms with van der Waals surface area (Å²) in [6.45, 7) is 5.30. The largest absolute Gasteiger partial charge is 0.493 e. The summed E-state index contributed by atoms with van der Waals surface area (Å²) in [6, 6.07) is 5.39. The van der Waals surface area contributed by atoms with Crippen molar-refractivity contribution in [3.63, 3.8) is 0 Å². The predicted molar refractivity (Wildman–Crippen MR) is 82.3 cm³/mol. The highest BCUT2D eigenvalue weighted by Crippen LogP contribution is 2.46. The van der Waals surface area contributed by atoms with E-state index in [-0.39, 0.29) is 6.04 Å². The van der Waals surface area contributed by atoms with Crippen LogP contribution < -0.4 is 9.47 Å². The topological polar surface area (TPSA) is 59.0 Å². The molecular weight excluding hydrogens is 282 g/mol. The van der Waals surface area contributed by atoms with E-state index in [1.54, 1.807) is 7.11 Å². The first-order chi connectivity index (χ1) is 10.4. The Balaban J connectivity index is 1.96. The van der Waals surface area contributed by atoms with Crippen molar-refractivity contribution >= 4 is 5.78 Å². The van der Waals surface area contributed by atoms with E-state index in [0.29, 0.717) is 43.2 Å². The smallest absolute Gasteiger partial charge is 0.167 e. The van der Waals surface area contributed by atoms with Gasteiger partial charge in [-0.15, -0.1) is 0 Å². The fraction of sp³-hybridized carbons (Fsp3) is 0.588. The van der Waals surface area contributed by atoms with Crippen molar-refractivity contribution in [1.29, 1.82) is 0 Å². The second kappa shape index (κ2) is 5.56. The third-order valence-electron chi connectivity index (χ3n) is 4.67. The van der Waals surface area contributed by atoms with Crippen molar-refractivity contribution in [3.8, 4) is 11.5 Å². The Morgan fingerprint density at radius 3 is 2.64 bits per heavy atom. The minimum absolute atomic E-state index is 0.180. The van der Waals surface area contributed by atoms with Gasteiger partial charge in [0.05, 0.1) is 13.2 Å². The molecule has 3 rings (SSSR count). The van der Waals surface area contributed by atoms with Gasteiger partial charge in [0.2, 0.25) is 0 Å². The van der Waals surface area contributed by atoms with Crippen LogP contribution in [0.1, 0.15) is 38.4 Å². The third-order valence-corrected chi connectivity index (χ3v) is 4.67. The number of hydrogen-bond donors (Lipinski definition) is 1. The molecule has 0 spiro atoms. The van der Waals surface area contributed by atoms with Crippen molar-refractivity contribution in [3.05, 3.63) is 23.8 Å². The average molecular weight is 305 g/mol. The Hall–Kier alpha value is -1.59. The Morgan fingerprint density at radius 1 is 1.32 bits per heavy atom. The SMILES string of the molecule is COc1cccc2c1OC(C)(C)C(N1CCC(=O)CC1)C2O. The van der Waals surface area contributed by atoms with E-state index in [0.717, 1.165) is 5.56 Å². The summed E-state index contributed by atoms with van der Waals surface area (Å²) in [5.74, 6) is 1.55. The lowest BCUT2D eigenvalue weighted by molar-refractivity contribution is -0.127. The van der Waals surface area contributed by atoms with Crippen molar-refractivity contribution in [2.45, 2.75) is 44.4 Å². The molecule has 0 aliphatic carbocycles. The number of benzene rings is 1. The number of aliphatic hydroxyl groups is 1. The quantitative estimate of drug-likeness (QED) is 0.905. The minimum Gasteiger partial charge on any atom is -0.493 e. The maximum absolute atomic E-state index is 11.5. The first kappa shape index (κ1) is 15.3. The van der Waals surface area contributed by atoms with Crippen LogP contribution in [0, 0.1) is 0 Å².